The number of hydrogen-bond donors (Lipinski definition) is 0. The van der Waals surface area contributed by atoms with Gasteiger partial charge in [-0.25, -0.2) is 0 Å². The van der Waals surface area contributed by atoms with Gasteiger partial charge in [-0.05, 0) is 44.5 Å². The third kappa shape index (κ3) is 12.4. The van der Waals surface area contributed by atoms with E-state index in [0.717, 1.165) is 12.8 Å². The summed E-state index contributed by atoms with van der Waals surface area (Å²) in [6, 6.07) is 22.2. The summed E-state index contributed by atoms with van der Waals surface area (Å²) in [5.74, 6) is 0. The van der Waals surface area contributed by atoms with Gasteiger partial charge in [-0.1, -0.05) is 151 Å². The van der Waals surface area contributed by atoms with Crippen molar-refractivity contribution in [1.29, 1.82) is 0 Å². The Morgan fingerprint density at radius 3 is 1.24 bits per heavy atom. The largest absolute Gasteiger partial charge is 0.303 e. The molecule has 2 heteroatoms. The Kier molecular flexibility index (Phi) is 17.1. The van der Waals surface area contributed by atoms with Crippen LogP contribution >= 0.6 is 12.4 Å². The highest BCUT2D eigenvalue weighted by atomic mass is 35.5. The molecule has 34 heavy (non-hydrogen) atoms. The van der Waals surface area contributed by atoms with Crippen LogP contribution in [-0.4, -0.2) is 24.5 Å². The minimum Gasteiger partial charge on any atom is -0.303 e. The van der Waals surface area contributed by atoms with Crippen LogP contribution in [0.1, 0.15) is 108 Å². The lowest BCUT2D eigenvalue weighted by Gasteiger charge is -2.41. The van der Waals surface area contributed by atoms with Crippen molar-refractivity contribution in [3.8, 4) is 0 Å². The lowest BCUT2D eigenvalue weighted by Crippen LogP contribution is -2.48. The van der Waals surface area contributed by atoms with Crippen LogP contribution in [0, 0.1) is 0 Å². The fourth-order valence-corrected chi connectivity index (χ4v) is 5.20. The second kappa shape index (κ2) is 18.9. The number of rotatable bonds is 19. The molecule has 2 aromatic carbocycles. The van der Waals surface area contributed by atoms with Gasteiger partial charge in [0.25, 0.3) is 0 Å². The van der Waals surface area contributed by atoms with E-state index >= 15 is 0 Å². The van der Waals surface area contributed by atoms with E-state index < -0.39 is 0 Å². The third-order valence-electron chi connectivity index (χ3n) is 7.45. The molecule has 0 saturated heterocycles. The van der Waals surface area contributed by atoms with Crippen molar-refractivity contribution in [3.05, 3.63) is 71.8 Å². The molecule has 0 N–H and O–H groups in total. The number of halogens is 1. The summed E-state index contributed by atoms with van der Waals surface area (Å²) < 4.78 is 0. The second-order valence-corrected chi connectivity index (χ2v) is 10.4. The first kappa shape index (κ1) is 30.7. The summed E-state index contributed by atoms with van der Waals surface area (Å²) in [6.45, 7) is 2.30. The summed E-state index contributed by atoms with van der Waals surface area (Å²) >= 11 is 0. The number of nitrogens with zero attached hydrogens (tertiary/aromatic N) is 1. The van der Waals surface area contributed by atoms with Crippen molar-refractivity contribution in [2.24, 2.45) is 0 Å². The molecule has 0 aliphatic rings. The second-order valence-electron chi connectivity index (χ2n) is 10.4. The molecular weight excluding hydrogens is 434 g/mol. The van der Waals surface area contributed by atoms with Crippen LogP contribution in [0.2, 0.25) is 0 Å². The van der Waals surface area contributed by atoms with E-state index in [0.29, 0.717) is 0 Å². The predicted octanol–water partition coefficient (Wildman–Crippen LogP) is 9.68. The Balaban J connectivity index is 0.00000578. The molecule has 0 atom stereocenters. The van der Waals surface area contributed by atoms with Gasteiger partial charge in [0.1, 0.15) is 0 Å². The molecule has 2 rings (SSSR count). The molecule has 0 amide bonds. The van der Waals surface area contributed by atoms with Gasteiger partial charge in [-0.3, -0.25) is 0 Å². The quantitative estimate of drug-likeness (QED) is 0.179. The Bertz CT molecular complexity index is 656. The molecule has 0 heterocycles. The van der Waals surface area contributed by atoms with E-state index in [1.54, 1.807) is 0 Å². The average Bonchev–Trinajstić information content (AvgIpc) is 2.83. The van der Waals surface area contributed by atoms with Crippen LogP contribution in [0.4, 0.5) is 0 Å². The molecule has 0 aromatic heterocycles. The van der Waals surface area contributed by atoms with Crippen LogP contribution in [0.3, 0.4) is 0 Å². The molecule has 0 unspecified atom stereocenters. The average molecular weight is 486 g/mol. The maximum atomic E-state index is 2.51. The van der Waals surface area contributed by atoms with E-state index in [-0.39, 0.29) is 17.9 Å². The fourth-order valence-electron chi connectivity index (χ4n) is 5.20. The molecule has 192 valence electrons. The van der Waals surface area contributed by atoms with Crippen molar-refractivity contribution in [2.75, 3.05) is 14.1 Å². The zero-order valence-electron chi connectivity index (χ0n) is 22.4. The monoisotopic (exact) mass is 485 g/mol. The Labute approximate surface area is 218 Å². The van der Waals surface area contributed by atoms with Gasteiger partial charge in [0.2, 0.25) is 0 Å². The van der Waals surface area contributed by atoms with Gasteiger partial charge in [-0.2, -0.15) is 0 Å². The van der Waals surface area contributed by atoms with E-state index in [1.165, 1.54) is 101 Å². The van der Waals surface area contributed by atoms with Gasteiger partial charge < -0.3 is 4.90 Å². The molecule has 0 bridgehead atoms. The molecule has 2 aromatic rings. The highest BCUT2D eigenvalue weighted by Crippen LogP contribution is 2.30. The zero-order chi connectivity index (χ0) is 23.6. The highest BCUT2D eigenvalue weighted by molar-refractivity contribution is 5.85. The first-order valence-corrected chi connectivity index (χ1v) is 13.9. The van der Waals surface area contributed by atoms with E-state index in [4.69, 9.17) is 0 Å². The van der Waals surface area contributed by atoms with Gasteiger partial charge in [-0.15, -0.1) is 12.4 Å². The smallest absolute Gasteiger partial charge is 0.0284 e. The lowest BCUT2D eigenvalue weighted by molar-refractivity contribution is 0.133. The van der Waals surface area contributed by atoms with Crippen LogP contribution in [0.5, 0.6) is 0 Å². The predicted molar refractivity (Wildman–Crippen MR) is 154 cm³/mol. The van der Waals surface area contributed by atoms with E-state index in [2.05, 4.69) is 86.6 Å². The number of likely N-dealkylation sites (N-methyl/N-ethyl adjacent to an activating group) is 1. The van der Waals surface area contributed by atoms with Gasteiger partial charge in [0.15, 0.2) is 0 Å². The fraction of sp³-hybridized carbons (Fsp3) is 0.625. The highest BCUT2D eigenvalue weighted by Gasteiger charge is 2.32. The SMILES string of the molecule is CCCCCCCCCCCCCCCC(Cc1ccccc1)(Cc1ccccc1)N(C)C.Cl. The molecule has 0 fully saturated rings. The van der Waals surface area contributed by atoms with Gasteiger partial charge >= 0.3 is 0 Å². The summed E-state index contributed by atoms with van der Waals surface area (Å²) in [7, 11) is 4.57. The van der Waals surface area contributed by atoms with Crippen molar-refractivity contribution in [1.82, 2.24) is 4.90 Å². The summed E-state index contributed by atoms with van der Waals surface area (Å²) in [6.07, 6.45) is 21.9. The first-order chi connectivity index (χ1) is 16.2. The minimum atomic E-state index is 0. The number of unbranched alkanes of at least 4 members (excludes halogenated alkanes) is 12. The molecule has 0 radical (unpaired) electrons. The van der Waals surface area contributed by atoms with Crippen molar-refractivity contribution in [3.63, 3.8) is 0 Å². The van der Waals surface area contributed by atoms with Crippen molar-refractivity contribution in [2.45, 2.75) is 115 Å². The van der Waals surface area contributed by atoms with Crippen LogP contribution < -0.4 is 0 Å². The van der Waals surface area contributed by atoms with Gasteiger partial charge in [0, 0.05) is 5.54 Å². The minimum absolute atomic E-state index is 0. The third-order valence-corrected chi connectivity index (χ3v) is 7.45. The molecular formula is C32H52ClN. The number of hydrogen-bond acceptors (Lipinski definition) is 1. The summed E-state index contributed by atoms with van der Waals surface area (Å²) in [5.41, 5.74) is 3.09. The Morgan fingerprint density at radius 1 is 0.529 bits per heavy atom. The zero-order valence-corrected chi connectivity index (χ0v) is 23.3. The van der Waals surface area contributed by atoms with Crippen LogP contribution in [0.15, 0.2) is 60.7 Å². The maximum absolute atomic E-state index is 2.51. The topological polar surface area (TPSA) is 3.24 Å². The molecule has 1 nitrogen and oxygen atoms in total. The van der Waals surface area contributed by atoms with Crippen molar-refractivity contribution < 1.29 is 0 Å². The van der Waals surface area contributed by atoms with Crippen molar-refractivity contribution >= 4 is 12.4 Å². The molecule has 0 aliphatic carbocycles. The first-order valence-electron chi connectivity index (χ1n) is 13.9. The Hall–Kier alpha value is -1.31. The number of benzene rings is 2. The summed E-state index contributed by atoms with van der Waals surface area (Å²) in [5, 5.41) is 0. The summed E-state index contributed by atoms with van der Waals surface area (Å²) in [4.78, 5) is 2.51. The molecule has 0 saturated carbocycles. The normalized spacial score (nSPS) is 11.5. The lowest BCUT2D eigenvalue weighted by atomic mass is 9.79. The maximum Gasteiger partial charge on any atom is 0.0284 e. The molecule has 0 aliphatic heterocycles. The van der Waals surface area contributed by atoms with Gasteiger partial charge in [0.05, 0.1) is 0 Å². The van der Waals surface area contributed by atoms with E-state index in [9.17, 15) is 0 Å². The standard InChI is InChI=1S/C32H51N.ClH/c1-4-5-6-7-8-9-10-11-12-13-14-15-22-27-32(33(2)3,28-30-23-18-16-19-24-30)29-31-25-20-17-21-26-31;/h16-21,23-26H,4-15,22,27-29H2,1-3H3;1H. The van der Waals surface area contributed by atoms with E-state index in [1.807, 2.05) is 0 Å². The van der Waals surface area contributed by atoms with Crippen LogP contribution in [-0.2, 0) is 12.8 Å². The molecule has 0 spiro atoms. The Morgan fingerprint density at radius 2 is 0.882 bits per heavy atom. The van der Waals surface area contributed by atoms with Crippen LogP contribution in [0.25, 0.3) is 0 Å².